The van der Waals surface area contributed by atoms with E-state index in [1.54, 1.807) is 4.90 Å². The first-order valence-corrected chi connectivity index (χ1v) is 8.43. The molecule has 1 aromatic heterocycles. The molecule has 2 heterocycles. The van der Waals surface area contributed by atoms with Crippen LogP contribution >= 0.6 is 11.3 Å². The Hall–Kier alpha value is -1.96. The standard InChI is InChI=1S/C16H16F3N3OS/c1-10-20-21-14(24-10)12-5-3-7-22(9-12)15(23)11-4-2-6-13(8-11)16(17,18)19/h2,4,6,8,12H,3,5,7,9H2,1H3/t12-/m0/s1. The molecular formula is C16H16F3N3OS. The number of benzene rings is 1. The van der Waals surface area contributed by atoms with E-state index in [1.165, 1.54) is 23.5 Å². The molecule has 0 bridgehead atoms. The normalized spacial score (nSPS) is 18.7. The second-order valence-corrected chi connectivity index (χ2v) is 7.04. The summed E-state index contributed by atoms with van der Waals surface area (Å²) in [6.07, 6.45) is -2.75. The van der Waals surface area contributed by atoms with Crippen molar-refractivity contribution in [1.82, 2.24) is 15.1 Å². The van der Waals surface area contributed by atoms with Crippen molar-refractivity contribution >= 4 is 17.2 Å². The van der Waals surface area contributed by atoms with E-state index in [2.05, 4.69) is 10.2 Å². The maximum absolute atomic E-state index is 12.8. The molecule has 1 fully saturated rings. The van der Waals surface area contributed by atoms with Crippen molar-refractivity contribution in [2.24, 2.45) is 0 Å². The maximum Gasteiger partial charge on any atom is 0.416 e. The van der Waals surface area contributed by atoms with Gasteiger partial charge in [-0.05, 0) is 38.0 Å². The first kappa shape index (κ1) is 16.9. The van der Waals surface area contributed by atoms with Crippen LogP contribution in [0.2, 0.25) is 0 Å². The molecule has 0 spiro atoms. The molecule has 8 heteroatoms. The highest BCUT2D eigenvalue weighted by atomic mass is 32.1. The summed E-state index contributed by atoms with van der Waals surface area (Å²) in [6.45, 7) is 2.88. The van der Waals surface area contributed by atoms with Gasteiger partial charge in [0.25, 0.3) is 5.91 Å². The number of likely N-dealkylation sites (tertiary alicyclic amines) is 1. The van der Waals surface area contributed by atoms with Gasteiger partial charge in [-0.3, -0.25) is 4.79 Å². The van der Waals surface area contributed by atoms with E-state index in [1.807, 2.05) is 6.92 Å². The Morgan fingerprint density at radius 3 is 2.79 bits per heavy atom. The lowest BCUT2D eigenvalue weighted by Gasteiger charge is -2.31. The summed E-state index contributed by atoms with van der Waals surface area (Å²) in [5.74, 6) is -0.272. The number of nitrogens with zero attached hydrogens (tertiary/aromatic N) is 3. The van der Waals surface area contributed by atoms with Gasteiger partial charge >= 0.3 is 6.18 Å². The molecule has 0 aliphatic carbocycles. The van der Waals surface area contributed by atoms with Crippen LogP contribution in [0.5, 0.6) is 0 Å². The van der Waals surface area contributed by atoms with Gasteiger partial charge in [0, 0.05) is 24.6 Å². The van der Waals surface area contributed by atoms with E-state index < -0.39 is 11.7 Å². The fraction of sp³-hybridized carbons (Fsp3) is 0.438. The number of aryl methyl sites for hydroxylation is 1. The molecule has 1 aliphatic heterocycles. The average molecular weight is 355 g/mol. The molecule has 1 atom stereocenters. The van der Waals surface area contributed by atoms with Crippen LogP contribution in [0.15, 0.2) is 24.3 Å². The number of carbonyl (C=O) groups is 1. The Kier molecular flexibility index (Phi) is 4.58. The van der Waals surface area contributed by atoms with E-state index in [0.717, 1.165) is 35.0 Å². The minimum Gasteiger partial charge on any atom is -0.338 e. The third kappa shape index (κ3) is 3.58. The quantitative estimate of drug-likeness (QED) is 0.821. The van der Waals surface area contributed by atoms with Gasteiger partial charge in [-0.25, -0.2) is 0 Å². The number of carbonyl (C=O) groups excluding carboxylic acids is 1. The number of halogens is 3. The van der Waals surface area contributed by atoms with Gasteiger partial charge in [0.2, 0.25) is 0 Å². The number of piperidine rings is 1. The summed E-state index contributed by atoms with van der Waals surface area (Å²) < 4.78 is 38.5. The molecule has 2 aromatic rings. The van der Waals surface area contributed by atoms with E-state index in [-0.39, 0.29) is 17.4 Å². The topological polar surface area (TPSA) is 46.1 Å². The zero-order valence-electron chi connectivity index (χ0n) is 13.0. The Morgan fingerprint density at radius 2 is 2.12 bits per heavy atom. The predicted molar refractivity (Wildman–Crippen MR) is 84.0 cm³/mol. The summed E-state index contributed by atoms with van der Waals surface area (Å²) in [4.78, 5) is 14.2. The van der Waals surface area contributed by atoms with Crippen molar-refractivity contribution in [1.29, 1.82) is 0 Å². The van der Waals surface area contributed by atoms with E-state index in [9.17, 15) is 18.0 Å². The van der Waals surface area contributed by atoms with Gasteiger partial charge in [-0.15, -0.1) is 21.5 Å². The van der Waals surface area contributed by atoms with Crippen LogP contribution in [-0.4, -0.2) is 34.1 Å². The largest absolute Gasteiger partial charge is 0.416 e. The predicted octanol–water partition coefficient (Wildman–Crippen LogP) is 3.89. The highest BCUT2D eigenvalue weighted by Gasteiger charge is 2.32. The highest BCUT2D eigenvalue weighted by Crippen LogP contribution is 2.32. The highest BCUT2D eigenvalue weighted by molar-refractivity contribution is 7.11. The molecule has 128 valence electrons. The lowest BCUT2D eigenvalue weighted by atomic mass is 9.98. The number of aromatic nitrogens is 2. The van der Waals surface area contributed by atoms with Crippen molar-refractivity contribution in [2.45, 2.75) is 31.9 Å². The van der Waals surface area contributed by atoms with Gasteiger partial charge in [-0.2, -0.15) is 13.2 Å². The van der Waals surface area contributed by atoms with Crippen molar-refractivity contribution in [3.8, 4) is 0 Å². The molecule has 4 nitrogen and oxygen atoms in total. The zero-order chi connectivity index (χ0) is 17.3. The first-order valence-electron chi connectivity index (χ1n) is 7.61. The first-order chi connectivity index (χ1) is 11.3. The zero-order valence-corrected chi connectivity index (χ0v) is 13.8. The van der Waals surface area contributed by atoms with Gasteiger partial charge in [0.15, 0.2) is 0 Å². The molecule has 1 aliphatic rings. The molecule has 0 radical (unpaired) electrons. The third-order valence-corrected chi connectivity index (χ3v) is 5.04. The van der Waals surface area contributed by atoms with E-state index in [4.69, 9.17) is 0 Å². The third-order valence-electron chi connectivity index (χ3n) is 4.04. The SMILES string of the molecule is Cc1nnc([C@H]2CCCN(C(=O)c3cccc(C(F)(F)F)c3)C2)s1. The molecule has 24 heavy (non-hydrogen) atoms. The molecule has 3 rings (SSSR count). The fourth-order valence-corrected chi connectivity index (χ4v) is 3.68. The summed E-state index contributed by atoms with van der Waals surface area (Å²) in [5, 5.41) is 9.88. The molecule has 1 amide bonds. The summed E-state index contributed by atoms with van der Waals surface area (Å²) in [5.41, 5.74) is -0.736. The molecule has 0 saturated carbocycles. The van der Waals surface area contributed by atoms with Crippen LogP contribution in [0.3, 0.4) is 0 Å². The van der Waals surface area contributed by atoms with Gasteiger partial charge < -0.3 is 4.90 Å². The Bertz CT molecular complexity index is 744. The number of hydrogen-bond acceptors (Lipinski definition) is 4. The minimum absolute atomic E-state index is 0.0684. The van der Waals surface area contributed by atoms with Crippen LogP contribution in [0.1, 0.15) is 44.7 Å². The molecule has 1 saturated heterocycles. The molecule has 0 N–H and O–H groups in total. The second kappa shape index (κ2) is 6.51. The van der Waals surface area contributed by atoms with Crippen molar-refractivity contribution in [3.05, 3.63) is 45.4 Å². The van der Waals surface area contributed by atoms with Crippen molar-refractivity contribution in [2.75, 3.05) is 13.1 Å². The lowest BCUT2D eigenvalue weighted by molar-refractivity contribution is -0.137. The van der Waals surface area contributed by atoms with Crippen LogP contribution < -0.4 is 0 Å². The maximum atomic E-state index is 12.8. The van der Waals surface area contributed by atoms with E-state index in [0.29, 0.717) is 13.1 Å². The lowest BCUT2D eigenvalue weighted by Crippen LogP contribution is -2.39. The minimum atomic E-state index is -4.45. The Morgan fingerprint density at radius 1 is 1.33 bits per heavy atom. The van der Waals surface area contributed by atoms with Crippen LogP contribution in [-0.2, 0) is 6.18 Å². The van der Waals surface area contributed by atoms with E-state index >= 15 is 0 Å². The number of hydrogen-bond donors (Lipinski definition) is 0. The van der Waals surface area contributed by atoms with Gasteiger partial charge in [0.05, 0.1) is 5.56 Å². The summed E-state index contributed by atoms with van der Waals surface area (Å²) >= 11 is 1.50. The number of rotatable bonds is 2. The Balaban J connectivity index is 1.77. The average Bonchev–Trinajstić information content (AvgIpc) is 3.00. The van der Waals surface area contributed by atoms with Gasteiger partial charge in [-0.1, -0.05) is 6.07 Å². The summed E-state index contributed by atoms with van der Waals surface area (Å²) in [6, 6.07) is 4.59. The number of amides is 1. The van der Waals surface area contributed by atoms with Crippen molar-refractivity contribution in [3.63, 3.8) is 0 Å². The van der Waals surface area contributed by atoms with Crippen LogP contribution in [0, 0.1) is 6.92 Å². The molecular weight excluding hydrogens is 339 g/mol. The van der Waals surface area contributed by atoms with Crippen molar-refractivity contribution < 1.29 is 18.0 Å². The second-order valence-electron chi connectivity index (χ2n) is 5.83. The summed E-state index contributed by atoms with van der Waals surface area (Å²) in [7, 11) is 0. The smallest absolute Gasteiger partial charge is 0.338 e. The van der Waals surface area contributed by atoms with Crippen LogP contribution in [0.4, 0.5) is 13.2 Å². The van der Waals surface area contributed by atoms with Gasteiger partial charge in [0.1, 0.15) is 10.0 Å². The molecule has 1 aromatic carbocycles. The monoisotopic (exact) mass is 355 g/mol. The Labute approximate surface area is 141 Å². The molecule has 0 unspecified atom stereocenters. The van der Waals surface area contributed by atoms with Crippen LogP contribution in [0.25, 0.3) is 0 Å². The number of alkyl halides is 3. The fourth-order valence-electron chi connectivity index (χ4n) is 2.85.